The second kappa shape index (κ2) is 4.97. The lowest BCUT2D eigenvalue weighted by atomic mass is 9.96. The van der Waals surface area contributed by atoms with E-state index >= 15 is 0 Å². The number of hydrogen-bond donors (Lipinski definition) is 1. The van der Waals surface area contributed by atoms with Crippen LogP contribution in [0, 0.1) is 5.92 Å². The molecule has 1 atom stereocenters. The minimum absolute atomic E-state index is 0.104. The van der Waals surface area contributed by atoms with Crippen molar-refractivity contribution in [3.05, 3.63) is 0 Å². The maximum atomic E-state index is 5.92. The zero-order chi connectivity index (χ0) is 9.73. The predicted octanol–water partition coefficient (Wildman–Crippen LogP) is 2.19. The van der Waals surface area contributed by atoms with Gasteiger partial charge in [0.15, 0.2) is 0 Å². The van der Waals surface area contributed by atoms with Crippen LogP contribution < -0.4 is 5.32 Å². The van der Waals surface area contributed by atoms with Crippen molar-refractivity contribution in [2.45, 2.75) is 45.6 Å². The molecule has 0 spiro atoms. The predicted molar refractivity (Wildman–Crippen MR) is 55.9 cm³/mol. The third kappa shape index (κ3) is 4.10. The molecule has 2 nitrogen and oxygen atoms in total. The molecular formula is C11H23NO. The molecule has 0 aromatic carbocycles. The number of piperidine rings is 1. The molecule has 1 fully saturated rings. The summed E-state index contributed by atoms with van der Waals surface area (Å²) in [7, 11) is 0. The Morgan fingerprint density at radius 3 is 2.77 bits per heavy atom. The Balaban J connectivity index is 2.17. The van der Waals surface area contributed by atoms with E-state index in [0.717, 1.165) is 25.6 Å². The lowest BCUT2D eigenvalue weighted by molar-refractivity contribution is -0.0500. The maximum absolute atomic E-state index is 5.92. The van der Waals surface area contributed by atoms with Crippen LogP contribution in [-0.2, 0) is 4.74 Å². The summed E-state index contributed by atoms with van der Waals surface area (Å²) in [5.41, 5.74) is 0.104. The van der Waals surface area contributed by atoms with Gasteiger partial charge in [0, 0.05) is 13.2 Å². The van der Waals surface area contributed by atoms with Gasteiger partial charge in [0.25, 0.3) is 0 Å². The van der Waals surface area contributed by atoms with E-state index in [4.69, 9.17) is 4.74 Å². The quantitative estimate of drug-likeness (QED) is 0.725. The molecular weight excluding hydrogens is 162 g/mol. The molecule has 0 aliphatic carbocycles. The van der Waals surface area contributed by atoms with Gasteiger partial charge in [-0.05, 0) is 38.6 Å². The molecule has 1 N–H and O–H groups in total. The molecule has 1 rings (SSSR count). The Bertz CT molecular complexity index is 139. The van der Waals surface area contributed by atoms with Crippen LogP contribution in [0.3, 0.4) is 0 Å². The van der Waals surface area contributed by atoms with E-state index in [2.05, 4.69) is 26.1 Å². The lowest BCUT2D eigenvalue weighted by Gasteiger charge is -2.34. The molecule has 2 heteroatoms. The summed E-state index contributed by atoms with van der Waals surface area (Å²) < 4.78 is 5.92. The highest BCUT2D eigenvalue weighted by Gasteiger charge is 2.26. The normalized spacial score (nSPS) is 29.5. The molecule has 1 saturated heterocycles. The first-order chi connectivity index (χ1) is 6.12. The average molecular weight is 185 g/mol. The van der Waals surface area contributed by atoms with Crippen molar-refractivity contribution in [3.63, 3.8) is 0 Å². The van der Waals surface area contributed by atoms with E-state index in [1.165, 1.54) is 19.3 Å². The number of ether oxygens (including phenoxy) is 1. The first-order valence-corrected chi connectivity index (χ1v) is 5.47. The smallest absolute Gasteiger partial charge is 0.0778 e. The molecule has 0 radical (unpaired) electrons. The molecule has 1 heterocycles. The lowest BCUT2D eigenvalue weighted by Crippen LogP contribution is -2.45. The van der Waals surface area contributed by atoms with Gasteiger partial charge >= 0.3 is 0 Å². The van der Waals surface area contributed by atoms with E-state index in [1.54, 1.807) is 0 Å². The Labute approximate surface area is 82.0 Å². The van der Waals surface area contributed by atoms with E-state index in [1.807, 2.05) is 0 Å². The Morgan fingerprint density at radius 1 is 1.46 bits per heavy atom. The van der Waals surface area contributed by atoms with Gasteiger partial charge < -0.3 is 10.1 Å². The molecule has 0 amide bonds. The molecule has 0 saturated carbocycles. The molecule has 1 aliphatic rings. The summed E-state index contributed by atoms with van der Waals surface area (Å²) >= 11 is 0. The molecule has 1 aliphatic heterocycles. The average Bonchev–Trinajstić information content (AvgIpc) is 2.04. The van der Waals surface area contributed by atoms with Crippen LogP contribution in [0.15, 0.2) is 0 Å². The monoisotopic (exact) mass is 185 g/mol. The van der Waals surface area contributed by atoms with Crippen molar-refractivity contribution in [2.24, 2.45) is 5.92 Å². The summed E-state index contributed by atoms with van der Waals surface area (Å²) in [4.78, 5) is 0. The minimum atomic E-state index is 0.104. The zero-order valence-corrected chi connectivity index (χ0v) is 9.23. The van der Waals surface area contributed by atoms with Crippen LogP contribution in [0.1, 0.15) is 40.0 Å². The van der Waals surface area contributed by atoms with Crippen LogP contribution in [0.25, 0.3) is 0 Å². The fourth-order valence-electron chi connectivity index (χ4n) is 1.69. The van der Waals surface area contributed by atoms with Crippen molar-refractivity contribution in [2.75, 3.05) is 19.7 Å². The molecule has 13 heavy (non-hydrogen) atoms. The van der Waals surface area contributed by atoms with E-state index < -0.39 is 0 Å². The van der Waals surface area contributed by atoms with Crippen molar-refractivity contribution >= 4 is 0 Å². The largest absolute Gasteiger partial charge is 0.374 e. The van der Waals surface area contributed by atoms with E-state index in [-0.39, 0.29) is 5.60 Å². The number of hydrogen-bond acceptors (Lipinski definition) is 2. The summed E-state index contributed by atoms with van der Waals surface area (Å²) in [5, 5.41) is 3.39. The Morgan fingerprint density at radius 2 is 2.23 bits per heavy atom. The summed E-state index contributed by atoms with van der Waals surface area (Å²) in [6, 6.07) is 0. The fourth-order valence-corrected chi connectivity index (χ4v) is 1.69. The van der Waals surface area contributed by atoms with Crippen molar-refractivity contribution in [3.8, 4) is 0 Å². The third-order valence-corrected chi connectivity index (χ3v) is 2.70. The van der Waals surface area contributed by atoms with Crippen molar-refractivity contribution in [1.29, 1.82) is 0 Å². The highest BCUT2D eigenvalue weighted by Crippen LogP contribution is 2.20. The van der Waals surface area contributed by atoms with Crippen LogP contribution in [-0.4, -0.2) is 25.3 Å². The minimum Gasteiger partial charge on any atom is -0.374 e. The second-order valence-electron chi connectivity index (χ2n) is 4.76. The number of rotatable bonds is 4. The zero-order valence-electron chi connectivity index (χ0n) is 9.23. The second-order valence-corrected chi connectivity index (χ2v) is 4.76. The molecule has 1 unspecified atom stereocenters. The highest BCUT2D eigenvalue weighted by atomic mass is 16.5. The molecule has 0 aromatic rings. The Kier molecular flexibility index (Phi) is 4.20. The van der Waals surface area contributed by atoms with E-state index in [0.29, 0.717) is 0 Å². The van der Waals surface area contributed by atoms with Gasteiger partial charge in [-0.3, -0.25) is 0 Å². The summed E-state index contributed by atoms with van der Waals surface area (Å²) in [6.07, 6.45) is 3.63. The highest BCUT2D eigenvalue weighted by molar-refractivity contribution is 4.82. The molecule has 0 aromatic heterocycles. The van der Waals surface area contributed by atoms with Gasteiger partial charge in [0.05, 0.1) is 5.60 Å². The van der Waals surface area contributed by atoms with Crippen LogP contribution >= 0.6 is 0 Å². The van der Waals surface area contributed by atoms with Crippen molar-refractivity contribution in [1.82, 2.24) is 5.32 Å². The standard InChI is InChI=1S/C11H23NO/c1-10(2)5-8-13-11(3)6-4-7-12-9-11/h10,12H,4-9H2,1-3H3. The van der Waals surface area contributed by atoms with E-state index in [9.17, 15) is 0 Å². The van der Waals surface area contributed by atoms with Gasteiger partial charge in [0.2, 0.25) is 0 Å². The van der Waals surface area contributed by atoms with Gasteiger partial charge in [-0.25, -0.2) is 0 Å². The Hall–Kier alpha value is -0.0800. The SMILES string of the molecule is CC(C)CCOC1(C)CCCNC1. The molecule has 0 bridgehead atoms. The summed E-state index contributed by atoms with van der Waals surface area (Å²) in [5.74, 6) is 0.750. The first-order valence-electron chi connectivity index (χ1n) is 5.47. The van der Waals surface area contributed by atoms with Crippen LogP contribution in [0.2, 0.25) is 0 Å². The van der Waals surface area contributed by atoms with Gasteiger partial charge in [-0.1, -0.05) is 13.8 Å². The maximum Gasteiger partial charge on any atom is 0.0778 e. The van der Waals surface area contributed by atoms with Crippen molar-refractivity contribution < 1.29 is 4.74 Å². The summed E-state index contributed by atoms with van der Waals surface area (Å²) in [6.45, 7) is 9.79. The number of nitrogens with one attached hydrogen (secondary N) is 1. The van der Waals surface area contributed by atoms with Crippen LogP contribution in [0.4, 0.5) is 0 Å². The third-order valence-electron chi connectivity index (χ3n) is 2.70. The van der Waals surface area contributed by atoms with Gasteiger partial charge in [0.1, 0.15) is 0 Å². The fraction of sp³-hybridized carbons (Fsp3) is 1.00. The van der Waals surface area contributed by atoms with Gasteiger partial charge in [-0.15, -0.1) is 0 Å². The molecule has 78 valence electrons. The first kappa shape index (κ1) is 11.0. The van der Waals surface area contributed by atoms with Crippen LogP contribution in [0.5, 0.6) is 0 Å². The topological polar surface area (TPSA) is 21.3 Å². The van der Waals surface area contributed by atoms with Gasteiger partial charge in [-0.2, -0.15) is 0 Å².